The number of H-pyrrole nitrogens is 1. The van der Waals surface area contributed by atoms with Gasteiger partial charge in [-0.15, -0.1) is 10.2 Å². The quantitative estimate of drug-likeness (QED) is 0.699. The van der Waals surface area contributed by atoms with Crippen LogP contribution in [0.25, 0.3) is 17.1 Å². The van der Waals surface area contributed by atoms with E-state index in [4.69, 9.17) is 10.2 Å². The zero-order chi connectivity index (χ0) is 15.1. The van der Waals surface area contributed by atoms with Crippen molar-refractivity contribution in [3.05, 3.63) is 33.7 Å². The normalized spacial score (nSPS) is 11.1. The molecule has 0 aliphatic heterocycles. The standard InChI is InChI=1S/C12H12N6O3/c1-3-6-5(2)15-9-7(4-14-18(9)12(6)20)10-16-17-11(21-10)8(13)19/h4,14H,3H2,1-2H3,(H2,13,19). The lowest BCUT2D eigenvalue weighted by Gasteiger charge is -2.02. The van der Waals surface area contributed by atoms with Crippen molar-refractivity contribution in [3.63, 3.8) is 0 Å². The molecule has 0 aliphatic carbocycles. The summed E-state index contributed by atoms with van der Waals surface area (Å²) in [5.41, 5.74) is 6.94. The molecular formula is C12H12N6O3. The highest BCUT2D eigenvalue weighted by atomic mass is 16.4. The predicted octanol–water partition coefficient (Wildman–Crippen LogP) is 0.0423. The average molecular weight is 288 g/mol. The van der Waals surface area contributed by atoms with Gasteiger partial charge in [-0.1, -0.05) is 6.92 Å². The number of aromatic nitrogens is 5. The number of nitrogens with two attached hydrogens (primary N) is 1. The Bertz CT molecular complexity index is 903. The second-order valence-corrected chi connectivity index (χ2v) is 4.46. The van der Waals surface area contributed by atoms with Gasteiger partial charge in [0.25, 0.3) is 11.4 Å². The van der Waals surface area contributed by atoms with Crippen LogP contribution in [0, 0.1) is 6.92 Å². The maximum atomic E-state index is 12.3. The highest BCUT2D eigenvalue weighted by Crippen LogP contribution is 2.21. The van der Waals surface area contributed by atoms with Crippen molar-refractivity contribution in [2.45, 2.75) is 20.3 Å². The van der Waals surface area contributed by atoms with E-state index in [1.807, 2.05) is 6.92 Å². The molecule has 0 radical (unpaired) electrons. The van der Waals surface area contributed by atoms with Gasteiger partial charge in [-0.3, -0.25) is 14.7 Å². The number of primary amides is 1. The molecule has 3 aromatic rings. The summed E-state index contributed by atoms with van der Waals surface area (Å²) in [6.45, 7) is 3.65. The van der Waals surface area contributed by atoms with E-state index in [-0.39, 0.29) is 17.3 Å². The Morgan fingerprint density at radius 1 is 1.48 bits per heavy atom. The Balaban J connectivity index is 2.25. The van der Waals surface area contributed by atoms with Crippen LogP contribution in [-0.2, 0) is 6.42 Å². The van der Waals surface area contributed by atoms with E-state index in [9.17, 15) is 9.59 Å². The minimum absolute atomic E-state index is 0.0677. The molecule has 21 heavy (non-hydrogen) atoms. The van der Waals surface area contributed by atoms with Crippen LogP contribution in [0.2, 0.25) is 0 Å². The smallest absolute Gasteiger partial charge is 0.306 e. The first-order valence-corrected chi connectivity index (χ1v) is 6.26. The second-order valence-electron chi connectivity index (χ2n) is 4.46. The van der Waals surface area contributed by atoms with Gasteiger partial charge in [-0.25, -0.2) is 9.50 Å². The van der Waals surface area contributed by atoms with Crippen LogP contribution < -0.4 is 11.3 Å². The van der Waals surface area contributed by atoms with Crippen molar-refractivity contribution < 1.29 is 9.21 Å². The molecule has 0 saturated heterocycles. The largest absolute Gasteiger partial charge is 0.412 e. The van der Waals surface area contributed by atoms with Crippen LogP contribution in [-0.4, -0.2) is 30.7 Å². The van der Waals surface area contributed by atoms with Crippen LogP contribution in [0.4, 0.5) is 0 Å². The number of fused-ring (bicyclic) bond motifs is 1. The number of hydrogen-bond donors (Lipinski definition) is 2. The number of rotatable bonds is 3. The fourth-order valence-corrected chi connectivity index (χ4v) is 2.15. The van der Waals surface area contributed by atoms with Crippen LogP contribution in [0.5, 0.6) is 0 Å². The van der Waals surface area contributed by atoms with E-state index >= 15 is 0 Å². The average Bonchev–Trinajstić information content (AvgIpc) is 3.04. The number of nitrogens with zero attached hydrogens (tertiary/aromatic N) is 4. The van der Waals surface area contributed by atoms with Crippen LogP contribution in [0.15, 0.2) is 15.4 Å². The fourth-order valence-electron chi connectivity index (χ4n) is 2.15. The SMILES string of the molecule is CCc1c(C)nc2c(-c3nnc(C(N)=O)o3)c[nH]n2c1=O. The van der Waals surface area contributed by atoms with Crippen LogP contribution in [0.1, 0.15) is 28.9 Å². The van der Waals surface area contributed by atoms with Crippen LogP contribution >= 0.6 is 0 Å². The van der Waals surface area contributed by atoms with E-state index in [0.717, 1.165) is 0 Å². The summed E-state index contributed by atoms with van der Waals surface area (Å²) >= 11 is 0. The van der Waals surface area contributed by atoms with Crippen molar-refractivity contribution >= 4 is 11.6 Å². The van der Waals surface area contributed by atoms with Crippen molar-refractivity contribution in [1.29, 1.82) is 0 Å². The Kier molecular flexibility index (Phi) is 2.82. The molecule has 0 atom stereocenters. The maximum Gasteiger partial charge on any atom is 0.306 e. The summed E-state index contributed by atoms with van der Waals surface area (Å²) in [4.78, 5) is 27.7. The molecule has 3 N–H and O–H groups in total. The topological polar surface area (TPSA) is 132 Å². The number of amides is 1. The number of aromatic amines is 1. The van der Waals surface area contributed by atoms with E-state index in [2.05, 4.69) is 20.3 Å². The molecule has 3 aromatic heterocycles. The third-order valence-corrected chi connectivity index (χ3v) is 3.18. The minimum atomic E-state index is -0.817. The molecule has 9 heteroatoms. The summed E-state index contributed by atoms with van der Waals surface area (Å²) in [6, 6.07) is 0. The Morgan fingerprint density at radius 2 is 2.24 bits per heavy atom. The Morgan fingerprint density at radius 3 is 2.86 bits per heavy atom. The van der Waals surface area contributed by atoms with Gasteiger partial charge in [0, 0.05) is 17.5 Å². The lowest BCUT2D eigenvalue weighted by atomic mass is 10.2. The molecule has 0 unspecified atom stereocenters. The number of carbonyl (C=O) groups excluding carboxylic acids is 1. The van der Waals surface area contributed by atoms with Crippen molar-refractivity contribution in [1.82, 2.24) is 24.8 Å². The van der Waals surface area contributed by atoms with Gasteiger partial charge in [-0.05, 0) is 13.3 Å². The number of carbonyl (C=O) groups is 1. The highest BCUT2D eigenvalue weighted by Gasteiger charge is 2.19. The molecule has 1 amide bonds. The molecule has 0 fully saturated rings. The lowest BCUT2D eigenvalue weighted by Crippen LogP contribution is -2.21. The number of nitrogens with one attached hydrogen (secondary N) is 1. The van der Waals surface area contributed by atoms with Gasteiger partial charge in [0.05, 0.1) is 0 Å². The molecule has 3 rings (SSSR count). The van der Waals surface area contributed by atoms with Gasteiger partial charge in [0.2, 0.25) is 0 Å². The van der Waals surface area contributed by atoms with Crippen LogP contribution in [0.3, 0.4) is 0 Å². The molecule has 108 valence electrons. The van der Waals surface area contributed by atoms with E-state index in [0.29, 0.717) is 28.9 Å². The zero-order valence-electron chi connectivity index (χ0n) is 11.4. The first-order chi connectivity index (χ1) is 10.0. The summed E-state index contributed by atoms with van der Waals surface area (Å²) in [7, 11) is 0. The summed E-state index contributed by atoms with van der Waals surface area (Å²) < 4.78 is 6.46. The molecule has 0 aromatic carbocycles. The van der Waals surface area contributed by atoms with Gasteiger partial charge in [0.15, 0.2) is 5.65 Å². The number of hydrogen-bond acceptors (Lipinski definition) is 6. The van der Waals surface area contributed by atoms with E-state index < -0.39 is 5.91 Å². The third-order valence-electron chi connectivity index (χ3n) is 3.18. The first-order valence-electron chi connectivity index (χ1n) is 6.26. The molecule has 0 aliphatic rings. The van der Waals surface area contributed by atoms with Gasteiger partial charge >= 0.3 is 11.8 Å². The van der Waals surface area contributed by atoms with Crippen molar-refractivity contribution in [2.75, 3.05) is 0 Å². The monoisotopic (exact) mass is 288 g/mol. The molecular weight excluding hydrogens is 276 g/mol. The second kappa shape index (κ2) is 4.54. The van der Waals surface area contributed by atoms with Crippen molar-refractivity contribution in [2.24, 2.45) is 5.73 Å². The number of aryl methyl sites for hydroxylation is 1. The van der Waals surface area contributed by atoms with Gasteiger partial charge in [-0.2, -0.15) is 0 Å². The molecule has 0 spiro atoms. The summed E-state index contributed by atoms with van der Waals surface area (Å²) in [5, 5.41) is 10.1. The van der Waals surface area contributed by atoms with Gasteiger partial charge in [0.1, 0.15) is 5.56 Å². The lowest BCUT2D eigenvalue weighted by molar-refractivity contribution is 0.0968. The summed E-state index contributed by atoms with van der Waals surface area (Å²) in [5.74, 6) is -1.05. The predicted molar refractivity (Wildman–Crippen MR) is 71.7 cm³/mol. The maximum absolute atomic E-state index is 12.3. The first kappa shape index (κ1) is 13.0. The molecule has 3 heterocycles. The fraction of sp³-hybridized carbons (Fsp3) is 0.250. The molecule has 0 bridgehead atoms. The Labute approximate surface area is 117 Å². The third kappa shape index (κ3) is 1.90. The van der Waals surface area contributed by atoms with Gasteiger partial charge < -0.3 is 10.2 Å². The Hall–Kier alpha value is -2.97. The van der Waals surface area contributed by atoms with E-state index in [1.165, 1.54) is 10.7 Å². The summed E-state index contributed by atoms with van der Waals surface area (Å²) in [6.07, 6.45) is 2.10. The van der Waals surface area contributed by atoms with E-state index in [1.54, 1.807) is 6.92 Å². The minimum Gasteiger partial charge on any atom is -0.412 e. The molecule has 9 nitrogen and oxygen atoms in total. The van der Waals surface area contributed by atoms with Crippen molar-refractivity contribution in [3.8, 4) is 11.5 Å². The molecule has 0 saturated carbocycles. The zero-order valence-corrected chi connectivity index (χ0v) is 11.4. The highest BCUT2D eigenvalue weighted by molar-refractivity contribution is 5.88.